The molecule has 0 radical (unpaired) electrons. The molecule has 39 heavy (non-hydrogen) atoms. The maximum atomic E-state index is 13.4. The number of ether oxygens (including phenoxy) is 2. The van der Waals surface area contributed by atoms with E-state index in [0.717, 1.165) is 24.3 Å². The number of hydrogen-bond acceptors (Lipinski definition) is 6. The van der Waals surface area contributed by atoms with Gasteiger partial charge in [-0.3, -0.25) is 9.59 Å². The Balaban J connectivity index is 1.43. The topological polar surface area (TPSA) is 65.6 Å². The van der Waals surface area contributed by atoms with Gasteiger partial charge in [-0.25, -0.2) is 4.39 Å². The Morgan fingerprint density at radius 3 is 2.46 bits per heavy atom. The standard InChI is InChI=1S/C29H38ClFN4O4/c1-22-18-25(8-9-26(22)30)38-21-29(19-28(37)34-14-12-32(2)13-15-34)20-35(16-17-39-29)27(36)10-11-33(3)24-6-4-23(31)5-7-24/h4-9,18H,10-17,19-21H2,1-3H3/t29-/m0/s1. The van der Waals surface area contributed by atoms with Gasteiger partial charge in [0.15, 0.2) is 0 Å². The number of benzene rings is 2. The summed E-state index contributed by atoms with van der Waals surface area (Å²) in [6.07, 6.45) is 0.413. The molecule has 2 amide bonds. The molecule has 2 saturated heterocycles. The minimum atomic E-state index is -0.968. The molecule has 0 bridgehead atoms. The molecule has 0 N–H and O–H groups in total. The first kappa shape index (κ1) is 29.1. The molecule has 2 aromatic carbocycles. The van der Waals surface area contributed by atoms with E-state index in [1.807, 2.05) is 36.9 Å². The first-order valence-electron chi connectivity index (χ1n) is 13.4. The summed E-state index contributed by atoms with van der Waals surface area (Å²) in [7, 11) is 3.92. The van der Waals surface area contributed by atoms with Gasteiger partial charge in [0.25, 0.3) is 0 Å². The molecule has 0 saturated carbocycles. The fourth-order valence-electron chi connectivity index (χ4n) is 4.91. The lowest BCUT2D eigenvalue weighted by Gasteiger charge is -2.43. The molecule has 4 rings (SSSR count). The van der Waals surface area contributed by atoms with Crippen molar-refractivity contribution in [1.82, 2.24) is 14.7 Å². The van der Waals surface area contributed by atoms with Crippen LogP contribution in [-0.4, -0.2) is 105 Å². The highest BCUT2D eigenvalue weighted by Crippen LogP contribution is 2.28. The number of morpholine rings is 1. The van der Waals surface area contributed by atoms with E-state index < -0.39 is 5.60 Å². The van der Waals surface area contributed by atoms with Gasteiger partial charge in [0.2, 0.25) is 11.8 Å². The van der Waals surface area contributed by atoms with Gasteiger partial charge >= 0.3 is 0 Å². The summed E-state index contributed by atoms with van der Waals surface area (Å²) in [5.74, 6) is 0.321. The van der Waals surface area contributed by atoms with Gasteiger partial charge in [0.1, 0.15) is 23.8 Å². The summed E-state index contributed by atoms with van der Waals surface area (Å²) in [5.41, 5.74) is 0.762. The van der Waals surface area contributed by atoms with Gasteiger partial charge in [-0.05, 0) is 62.0 Å². The Bertz CT molecular complexity index is 1140. The molecule has 0 aliphatic carbocycles. The first-order chi connectivity index (χ1) is 18.6. The van der Waals surface area contributed by atoms with Gasteiger partial charge < -0.3 is 29.1 Å². The van der Waals surface area contributed by atoms with Crippen LogP contribution >= 0.6 is 11.6 Å². The van der Waals surface area contributed by atoms with Crippen LogP contribution in [0.25, 0.3) is 0 Å². The van der Waals surface area contributed by atoms with Crippen molar-refractivity contribution in [2.24, 2.45) is 0 Å². The van der Waals surface area contributed by atoms with Gasteiger partial charge in [0, 0.05) is 63.4 Å². The van der Waals surface area contributed by atoms with Crippen LogP contribution in [0.3, 0.4) is 0 Å². The van der Waals surface area contributed by atoms with E-state index in [2.05, 4.69) is 4.90 Å². The quantitative estimate of drug-likeness (QED) is 0.468. The van der Waals surface area contributed by atoms with E-state index >= 15 is 0 Å². The number of anilines is 1. The Morgan fingerprint density at radius 1 is 1.05 bits per heavy atom. The first-order valence-corrected chi connectivity index (χ1v) is 13.8. The summed E-state index contributed by atoms with van der Waals surface area (Å²) in [4.78, 5) is 34.4. The lowest BCUT2D eigenvalue weighted by Crippen LogP contribution is -2.59. The third-order valence-electron chi connectivity index (χ3n) is 7.49. The summed E-state index contributed by atoms with van der Waals surface area (Å²) in [6.45, 7) is 6.53. The van der Waals surface area contributed by atoms with Crippen LogP contribution in [0.15, 0.2) is 42.5 Å². The third kappa shape index (κ3) is 7.84. The van der Waals surface area contributed by atoms with Crippen LogP contribution < -0.4 is 9.64 Å². The zero-order chi connectivity index (χ0) is 28.0. The van der Waals surface area contributed by atoms with E-state index in [4.69, 9.17) is 21.1 Å². The van der Waals surface area contributed by atoms with Gasteiger partial charge in [-0.2, -0.15) is 0 Å². The summed E-state index contributed by atoms with van der Waals surface area (Å²) in [6, 6.07) is 11.6. The molecule has 212 valence electrons. The fourth-order valence-corrected chi connectivity index (χ4v) is 5.03. The van der Waals surface area contributed by atoms with Crippen LogP contribution in [0, 0.1) is 12.7 Å². The van der Waals surface area contributed by atoms with Crippen LogP contribution in [-0.2, 0) is 14.3 Å². The van der Waals surface area contributed by atoms with Gasteiger partial charge in [-0.15, -0.1) is 0 Å². The summed E-state index contributed by atoms with van der Waals surface area (Å²) in [5, 5.41) is 0.651. The molecule has 2 aromatic rings. The molecule has 1 atom stereocenters. The normalized spacial score (nSPS) is 20.1. The van der Waals surface area contributed by atoms with Crippen molar-refractivity contribution in [3.63, 3.8) is 0 Å². The number of nitrogens with zero attached hydrogens (tertiary/aromatic N) is 4. The zero-order valence-electron chi connectivity index (χ0n) is 23.0. The number of likely N-dealkylation sites (N-methyl/N-ethyl adjacent to an activating group) is 1. The number of aryl methyl sites for hydroxylation is 1. The smallest absolute Gasteiger partial charge is 0.225 e. The minimum Gasteiger partial charge on any atom is -0.490 e. The third-order valence-corrected chi connectivity index (χ3v) is 7.91. The lowest BCUT2D eigenvalue weighted by atomic mass is 9.96. The Labute approximate surface area is 235 Å². The average Bonchev–Trinajstić information content (AvgIpc) is 2.93. The Kier molecular flexibility index (Phi) is 9.69. The van der Waals surface area contributed by atoms with E-state index in [-0.39, 0.29) is 43.6 Å². The molecule has 8 nitrogen and oxygen atoms in total. The molecule has 2 aliphatic rings. The zero-order valence-corrected chi connectivity index (χ0v) is 23.8. The minimum absolute atomic E-state index is 0.00401. The number of rotatable bonds is 9. The van der Waals surface area contributed by atoms with Crippen LogP contribution in [0.5, 0.6) is 5.75 Å². The highest BCUT2D eigenvalue weighted by molar-refractivity contribution is 6.31. The van der Waals surface area contributed by atoms with Crippen molar-refractivity contribution in [2.75, 3.05) is 78.0 Å². The number of hydrogen-bond donors (Lipinski definition) is 0. The molecule has 0 spiro atoms. The molecule has 0 unspecified atom stereocenters. The van der Waals surface area contributed by atoms with Crippen molar-refractivity contribution in [1.29, 1.82) is 0 Å². The maximum absolute atomic E-state index is 13.4. The molecular weight excluding hydrogens is 523 g/mol. The van der Waals surface area contributed by atoms with E-state index in [1.165, 1.54) is 12.1 Å². The molecule has 2 aliphatic heterocycles. The van der Waals surface area contributed by atoms with Crippen molar-refractivity contribution < 1.29 is 23.5 Å². The predicted octanol–water partition coefficient (Wildman–Crippen LogP) is 3.45. The molecule has 2 fully saturated rings. The molecule has 10 heteroatoms. The highest BCUT2D eigenvalue weighted by atomic mass is 35.5. The fraction of sp³-hybridized carbons (Fsp3) is 0.517. The SMILES string of the molecule is Cc1cc(OC[C@]2(CC(=O)N3CCN(C)CC3)CN(C(=O)CCN(C)c3ccc(F)cc3)CCO2)ccc1Cl. The van der Waals surface area contributed by atoms with Crippen molar-refractivity contribution >= 4 is 29.1 Å². The van der Waals surface area contributed by atoms with Crippen molar-refractivity contribution in [3.05, 3.63) is 58.9 Å². The van der Waals surface area contributed by atoms with E-state index in [1.54, 1.807) is 29.2 Å². The van der Waals surface area contributed by atoms with Crippen LogP contribution in [0.1, 0.15) is 18.4 Å². The second kappa shape index (κ2) is 13.0. The summed E-state index contributed by atoms with van der Waals surface area (Å²) < 4.78 is 25.7. The van der Waals surface area contributed by atoms with Crippen LogP contribution in [0.4, 0.5) is 10.1 Å². The largest absolute Gasteiger partial charge is 0.490 e. The number of amides is 2. The Morgan fingerprint density at radius 2 is 1.77 bits per heavy atom. The van der Waals surface area contributed by atoms with Crippen molar-refractivity contribution in [3.8, 4) is 5.75 Å². The second-order valence-electron chi connectivity index (χ2n) is 10.6. The van der Waals surface area contributed by atoms with Gasteiger partial charge in [0.05, 0.1) is 19.6 Å². The van der Waals surface area contributed by atoms with E-state index in [0.29, 0.717) is 43.6 Å². The number of carbonyl (C=O) groups is 2. The Hall–Kier alpha value is -2.88. The van der Waals surface area contributed by atoms with Crippen molar-refractivity contribution in [2.45, 2.75) is 25.4 Å². The molecule has 2 heterocycles. The summed E-state index contributed by atoms with van der Waals surface area (Å²) >= 11 is 6.18. The van der Waals surface area contributed by atoms with E-state index in [9.17, 15) is 14.0 Å². The van der Waals surface area contributed by atoms with Crippen LogP contribution in [0.2, 0.25) is 5.02 Å². The lowest BCUT2D eigenvalue weighted by molar-refractivity contribution is -0.166. The maximum Gasteiger partial charge on any atom is 0.225 e. The number of halogens is 2. The molecule has 0 aromatic heterocycles. The highest BCUT2D eigenvalue weighted by Gasteiger charge is 2.42. The number of carbonyl (C=O) groups excluding carboxylic acids is 2. The second-order valence-corrected chi connectivity index (χ2v) is 11.0. The predicted molar refractivity (Wildman–Crippen MR) is 150 cm³/mol. The molecular formula is C29H38ClFN4O4. The number of piperazine rings is 1. The van der Waals surface area contributed by atoms with Gasteiger partial charge in [-0.1, -0.05) is 11.6 Å². The average molecular weight is 561 g/mol. The monoisotopic (exact) mass is 560 g/mol.